The molecule has 15 heavy (non-hydrogen) atoms. The zero-order valence-electron chi connectivity index (χ0n) is 9.32. The number of aromatic nitrogens is 3. The molecule has 86 valence electrons. The molecule has 5 heteroatoms. The standard InChI is InChI=1S/C10H20N4O/c1-14-9-12-13-10(14)5-7-11-6-3-2-4-8-15/h9,11,15H,2-8H2,1H3. The summed E-state index contributed by atoms with van der Waals surface area (Å²) in [6.45, 7) is 2.25. The molecule has 0 aliphatic heterocycles. The van der Waals surface area contributed by atoms with Crippen LogP contribution in [0, 0.1) is 0 Å². The van der Waals surface area contributed by atoms with E-state index in [1.807, 2.05) is 11.6 Å². The Balaban J connectivity index is 1.96. The highest BCUT2D eigenvalue weighted by Gasteiger charge is 1.98. The van der Waals surface area contributed by atoms with Crippen molar-refractivity contribution in [2.45, 2.75) is 25.7 Å². The molecule has 0 fully saturated rings. The molecule has 0 saturated carbocycles. The quantitative estimate of drug-likeness (QED) is 0.600. The third-order valence-electron chi connectivity index (χ3n) is 2.34. The van der Waals surface area contributed by atoms with Gasteiger partial charge in [-0.25, -0.2) is 0 Å². The molecule has 1 aromatic rings. The maximum Gasteiger partial charge on any atom is 0.133 e. The summed E-state index contributed by atoms with van der Waals surface area (Å²) in [7, 11) is 1.95. The number of unbranched alkanes of at least 4 members (excludes halogenated alkanes) is 2. The van der Waals surface area contributed by atoms with Crippen LogP contribution in [0.25, 0.3) is 0 Å². The average molecular weight is 212 g/mol. The molecule has 0 atom stereocenters. The summed E-state index contributed by atoms with van der Waals surface area (Å²) in [4.78, 5) is 0. The van der Waals surface area contributed by atoms with Gasteiger partial charge in [-0.3, -0.25) is 0 Å². The Hall–Kier alpha value is -0.940. The van der Waals surface area contributed by atoms with Crippen molar-refractivity contribution in [2.75, 3.05) is 19.7 Å². The maximum atomic E-state index is 8.59. The smallest absolute Gasteiger partial charge is 0.133 e. The Morgan fingerprint density at radius 2 is 2.20 bits per heavy atom. The van der Waals surface area contributed by atoms with E-state index in [2.05, 4.69) is 15.5 Å². The lowest BCUT2D eigenvalue weighted by atomic mass is 10.2. The fraction of sp³-hybridized carbons (Fsp3) is 0.800. The first-order valence-electron chi connectivity index (χ1n) is 5.49. The Morgan fingerprint density at radius 1 is 1.33 bits per heavy atom. The molecule has 1 aromatic heterocycles. The van der Waals surface area contributed by atoms with Crippen molar-refractivity contribution in [3.63, 3.8) is 0 Å². The highest BCUT2D eigenvalue weighted by Crippen LogP contribution is 1.93. The van der Waals surface area contributed by atoms with E-state index in [1.54, 1.807) is 6.33 Å². The molecule has 2 N–H and O–H groups in total. The number of rotatable bonds is 8. The van der Waals surface area contributed by atoms with E-state index in [0.29, 0.717) is 6.61 Å². The van der Waals surface area contributed by atoms with Crippen molar-refractivity contribution in [3.05, 3.63) is 12.2 Å². The molecule has 0 spiro atoms. The van der Waals surface area contributed by atoms with Gasteiger partial charge in [-0.05, 0) is 25.8 Å². The third-order valence-corrected chi connectivity index (χ3v) is 2.34. The van der Waals surface area contributed by atoms with Crippen LogP contribution in [0.5, 0.6) is 0 Å². The lowest BCUT2D eigenvalue weighted by Crippen LogP contribution is -2.19. The van der Waals surface area contributed by atoms with Crippen LogP contribution in [-0.4, -0.2) is 39.6 Å². The minimum absolute atomic E-state index is 0.305. The topological polar surface area (TPSA) is 63.0 Å². The van der Waals surface area contributed by atoms with E-state index in [9.17, 15) is 0 Å². The Bertz CT molecular complexity index is 262. The molecular weight excluding hydrogens is 192 g/mol. The van der Waals surface area contributed by atoms with Crippen molar-refractivity contribution in [2.24, 2.45) is 7.05 Å². The van der Waals surface area contributed by atoms with E-state index < -0.39 is 0 Å². The van der Waals surface area contributed by atoms with Gasteiger partial charge in [0.05, 0.1) is 0 Å². The Labute approximate surface area is 90.5 Å². The molecule has 0 aromatic carbocycles. The molecule has 0 aliphatic carbocycles. The Kier molecular flexibility index (Phi) is 5.96. The van der Waals surface area contributed by atoms with Crippen molar-refractivity contribution < 1.29 is 5.11 Å². The molecule has 5 nitrogen and oxygen atoms in total. The van der Waals surface area contributed by atoms with Crippen molar-refractivity contribution >= 4 is 0 Å². The normalized spacial score (nSPS) is 10.8. The molecule has 0 aliphatic rings. The molecule has 0 amide bonds. The number of aryl methyl sites for hydroxylation is 1. The van der Waals surface area contributed by atoms with Crippen LogP contribution >= 0.6 is 0 Å². The second-order valence-corrected chi connectivity index (χ2v) is 3.64. The monoisotopic (exact) mass is 212 g/mol. The first-order chi connectivity index (χ1) is 7.34. The van der Waals surface area contributed by atoms with Crippen LogP contribution in [0.2, 0.25) is 0 Å². The van der Waals surface area contributed by atoms with Crippen molar-refractivity contribution in [1.82, 2.24) is 20.1 Å². The van der Waals surface area contributed by atoms with Gasteiger partial charge >= 0.3 is 0 Å². The molecule has 0 radical (unpaired) electrons. The molecular formula is C10H20N4O. The van der Waals surface area contributed by atoms with Gasteiger partial charge in [0, 0.05) is 26.6 Å². The van der Waals surface area contributed by atoms with Crippen LogP contribution in [0.3, 0.4) is 0 Å². The first kappa shape index (κ1) is 12.1. The number of nitrogens with zero attached hydrogens (tertiary/aromatic N) is 3. The highest BCUT2D eigenvalue weighted by molar-refractivity contribution is 4.84. The van der Waals surface area contributed by atoms with Crippen LogP contribution in [0.1, 0.15) is 25.1 Å². The summed E-state index contributed by atoms with van der Waals surface area (Å²) in [5.41, 5.74) is 0. The van der Waals surface area contributed by atoms with Gasteiger partial charge in [-0.2, -0.15) is 0 Å². The zero-order valence-corrected chi connectivity index (χ0v) is 9.32. The number of hydrogen-bond donors (Lipinski definition) is 2. The van der Waals surface area contributed by atoms with Crippen LogP contribution in [0.4, 0.5) is 0 Å². The van der Waals surface area contributed by atoms with E-state index in [4.69, 9.17) is 5.11 Å². The summed E-state index contributed by atoms with van der Waals surface area (Å²) >= 11 is 0. The van der Waals surface area contributed by atoms with E-state index >= 15 is 0 Å². The van der Waals surface area contributed by atoms with Crippen LogP contribution in [0.15, 0.2) is 6.33 Å². The summed E-state index contributed by atoms with van der Waals surface area (Å²) in [6, 6.07) is 0. The molecule has 0 unspecified atom stereocenters. The predicted octanol–water partition coefficient (Wildman–Crippen LogP) is 0.110. The minimum Gasteiger partial charge on any atom is -0.396 e. The molecule has 0 saturated heterocycles. The molecule has 1 rings (SSSR count). The first-order valence-corrected chi connectivity index (χ1v) is 5.49. The van der Waals surface area contributed by atoms with Gasteiger partial charge in [-0.1, -0.05) is 0 Å². The largest absolute Gasteiger partial charge is 0.396 e. The van der Waals surface area contributed by atoms with Gasteiger partial charge in [0.15, 0.2) is 0 Å². The third kappa shape index (κ3) is 4.90. The van der Waals surface area contributed by atoms with Crippen molar-refractivity contribution in [3.8, 4) is 0 Å². The van der Waals surface area contributed by atoms with E-state index in [-0.39, 0.29) is 0 Å². The lowest BCUT2D eigenvalue weighted by Gasteiger charge is -2.03. The van der Waals surface area contributed by atoms with Gasteiger partial charge in [0.2, 0.25) is 0 Å². The van der Waals surface area contributed by atoms with E-state index in [0.717, 1.165) is 44.6 Å². The average Bonchev–Trinajstić information content (AvgIpc) is 2.63. The Morgan fingerprint density at radius 3 is 2.87 bits per heavy atom. The molecule has 1 heterocycles. The summed E-state index contributed by atoms with van der Waals surface area (Å²) in [5, 5.41) is 19.8. The molecule has 0 bridgehead atoms. The van der Waals surface area contributed by atoms with Gasteiger partial charge in [0.1, 0.15) is 12.2 Å². The second kappa shape index (κ2) is 7.36. The minimum atomic E-state index is 0.305. The highest BCUT2D eigenvalue weighted by atomic mass is 16.2. The van der Waals surface area contributed by atoms with Gasteiger partial charge in [0.25, 0.3) is 0 Å². The number of aliphatic hydroxyl groups is 1. The summed E-state index contributed by atoms with van der Waals surface area (Å²) in [5.74, 6) is 1.01. The fourth-order valence-corrected chi connectivity index (χ4v) is 1.40. The second-order valence-electron chi connectivity index (χ2n) is 3.64. The van der Waals surface area contributed by atoms with Crippen LogP contribution in [-0.2, 0) is 13.5 Å². The predicted molar refractivity (Wildman–Crippen MR) is 58.5 cm³/mol. The van der Waals surface area contributed by atoms with Gasteiger partial charge < -0.3 is 15.0 Å². The SMILES string of the molecule is Cn1cnnc1CCNCCCCCO. The maximum absolute atomic E-state index is 8.59. The lowest BCUT2D eigenvalue weighted by molar-refractivity contribution is 0.283. The number of hydrogen-bond acceptors (Lipinski definition) is 4. The number of nitrogens with one attached hydrogen (secondary N) is 1. The van der Waals surface area contributed by atoms with Crippen LogP contribution < -0.4 is 5.32 Å². The zero-order chi connectivity index (χ0) is 10.9. The van der Waals surface area contributed by atoms with Crippen molar-refractivity contribution in [1.29, 1.82) is 0 Å². The summed E-state index contributed by atoms with van der Waals surface area (Å²) < 4.78 is 1.94. The summed E-state index contributed by atoms with van der Waals surface area (Å²) in [6.07, 6.45) is 5.75. The number of aliphatic hydroxyl groups excluding tert-OH is 1. The fourth-order valence-electron chi connectivity index (χ4n) is 1.40. The van der Waals surface area contributed by atoms with E-state index in [1.165, 1.54) is 0 Å². The van der Waals surface area contributed by atoms with Gasteiger partial charge in [-0.15, -0.1) is 10.2 Å².